The average molecular weight is 239 g/mol. The summed E-state index contributed by atoms with van der Waals surface area (Å²) < 4.78 is 5.02. The van der Waals surface area contributed by atoms with E-state index in [2.05, 4.69) is 0 Å². The number of rotatable bonds is 6. The molecule has 0 aliphatic carbocycles. The molecule has 2 unspecified atom stereocenters. The lowest BCUT2D eigenvalue weighted by molar-refractivity contribution is 0.0149. The lowest BCUT2D eigenvalue weighted by Crippen LogP contribution is -2.21. The van der Waals surface area contributed by atoms with E-state index < -0.39 is 12.2 Å². The number of nitrogens with two attached hydrogens (primary N) is 1. The summed E-state index contributed by atoms with van der Waals surface area (Å²) in [6, 6.07) is 4.66. The van der Waals surface area contributed by atoms with Gasteiger partial charge in [-0.1, -0.05) is 6.07 Å². The van der Waals surface area contributed by atoms with Crippen LogP contribution in [0.3, 0.4) is 0 Å². The van der Waals surface area contributed by atoms with E-state index in [0.717, 1.165) is 0 Å². The Morgan fingerprint density at radius 1 is 1.47 bits per heavy atom. The molecule has 0 aromatic heterocycles. The van der Waals surface area contributed by atoms with Crippen molar-refractivity contribution < 1.29 is 19.7 Å². The fourth-order valence-electron chi connectivity index (χ4n) is 1.56. The van der Waals surface area contributed by atoms with Gasteiger partial charge in [0, 0.05) is 0 Å². The zero-order chi connectivity index (χ0) is 12.8. The number of aliphatic hydroxyl groups excluding tert-OH is 2. The summed E-state index contributed by atoms with van der Waals surface area (Å²) >= 11 is 0. The predicted molar refractivity (Wildman–Crippen MR) is 63.0 cm³/mol. The number of aliphatic hydroxyl groups is 2. The third-order valence-corrected chi connectivity index (χ3v) is 2.55. The van der Waals surface area contributed by atoms with E-state index in [1.807, 2.05) is 0 Å². The van der Waals surface area contributed by atoms with Crippen LogP contribution in [0.2, 0.25) is 0 Å². The van der Waals surface area contributed by atoms with E-state index in [0.29, 0.717) is 36.1 Å². The lowest BCUT2D eigenvalue weighted by atomic mass is 10.0. The van der Waals surface area contributed by atoms with Gasteiger partial charge in [-0.3, -0.25) is 4.79 Å². The molecule has 0 amide bonds. The second-order valence-electron chi connectivity index (χ2n) is 3.71. The molecule has 0 spiro atoms. The molecule has 94 valence electrons. The summed E-state index contributed by atoms with van der Waals surface area (Å²) in [4.78, 5) is 10.7. The third-order valence-electron chi connectivity index (χ3n) is 2.55. The number of carbonyl (C=O) groups is 1. The Kier molecular flexibility index (Phi) is 5.09. The lowest BCUT2D eigenvalue weighted by Gasteiger charge is -2.18. The SMILES string of the molecule is COc1cc(C(O)C(O)CCN)ccc1C=O. The molecule has 0 fully saturated rings. The Balaban J connectivity index is 2.94. The van der Waals surface area contributed by atoms with Crippen LogP contribution in [0.15, 0.2) is 18.2 Å². The minimum atomic E-state index is -1.03. The summed E-state index contributed by atoms with van der Waals surface area (Å²) in [6.45, 7) is 0.293. The molecule has 0 aliphatic heterocycles. The second kappa shape index (κ2) is 6.34. The first-order chi connectivity index (χ1) is 8.13. The van der Waals surface area contributed by atoms with Crippen molar-refractivity contribution in [2.24, 2.45) is 5.73 Å². The maximum Gasteiger partial charge on any atom is 0.153 e. The van der Waals surface area contributed by atoms with Crippen molar-refractivity contribution in [1.29, 1.82) is 0 Å². The van der Waals surface area contributed by atoms with Crippen molar-refractivity contribution in [2.45, 2.75) is 18.6 Å². The monoisotopic (exact) mass is 239 g/mol. The highest BCUT2D eigenvalue weighted by Gasteiger charge is 2.18. The standard InChI is InChI=1S/C12H17NO4/c1-17-11-6-8(2-3-9(11)7-14)12(16)10(15)4-5-13/h2-3,6-7,10,12,15-16H,4-5,13H2,1H3. The average Bonchev–Trinajstić information content (AvgIpc) is 2.37. The summed E-state index contributed by atoms with van der Waals surface area (Å²) in [5.41, 5.74) is 6.20. The van der Waals surface area contributed by atoms with Crippen LogP contribution in [0.4, 0.5) is 0 Å². The molecule has 2 atom stereocenters. The predicted octanol–water partition coefficient (Wildman–Crippen LogP) is 0.251. The van der Waals surface area contributed by atoms with Gasteiger partial charge in [-0.25, -0.2) is 0 Å². The minimum Gasteiger partial charge on any atom is -0.496 e. The topological polar surface area (TPSA) is 92.8 Å². The summed E-state index contributed by atoms with van der Waals surface area (Å²) in [5.74, 6) is 0.372. The zero-order valence-electron chi connectivity index (χ0n) is 9.67. The number of benzene rings is 1. The highest BCUT2D eigenvalue weighted by atomic mass is 16.5. The molecule has 0 bridgehead atoms. The minimum absolute atomic E-state index is 0.293. The molecule has 0 aliphatic rings. The molecule has 0 saturated heterocycles. The molecule has 0 heterocycles. The number of hydrogen-bond acceptors (Lipinski definition) is 5. The number of carbonyl (C=O) groups excluding carboxylic acids is 1. The molecule has 4 N–H and O–H groups in total. The summed E-state index contributed by atoms with van der Waals surface area (Å²) in [7, 11) is 1.44. The van der Waals surface area contributed by atoms with Crippen LogP contribution >= 0.6 is 0 Å². The number of ether oxygens (including phenoxy) is 1. The fourth-order valence-corrected chi connectivity index (χ4v) is 1.56. The van der Waals surface area contributed by atoms with Crippen molar-refractivity contribution in [2.75, 3.05) is 13.7 Å². The molecule has 0 saturated carbocycles. The first-order valence-corrected chi connectivity index (χ1v) is 5.33. The van der Waals surface area contributed by atoms with Crippen molar-refractivity contribution in [1.82, 2.24) is 0 Å². The van der Waals surface area contributed by atoms with Crippen LogP contribution in [0, 0.1) is 0 Å². The van der Waals surface area contributed by atoms with E-state index >= 15 is 0 Å². The van der Waals surface area contributed by atoms with Gasteiger partial charge < -0.3 is 20.7 Å². The number of methoxy groups -OCH3 is 1. The van der Waals surface area contributed by atoms with Gasteiger partial charge in [0.05, 0.1) is 18.8 Å². The van der Waals surface area contributed by atoms with E-state index in [9.17, 15) is 15.0 Å². The molecule has 5 heteroatoms. The molecular formula is C12H17NO4. The first kappa shape index (κ1) is 13.6. The Morgan fingerprint density at radius 3 is 2.71 bits per heavy atom. The Labute approximate surface area is 99.8 Å². The van der Waals surface area contributed by atoms with Crippen LogP contribution in [0.25, 0.3) is 0 Å². The van der Waals surface area contributed by atoms with Gasteiger partial charge in [-0.2, -0.15) is 0 Å². The van der Waals surface area contributed by atoms with Crippen LogP contribution in [0.1, 0.15) is 28.4 Å². The molecular weight excluding hydrogens is 222 g/mol. The van der Waals surface area contributed by atoms with Crippen molar-refractivity contribution in [3.8, 4) is 5.75 Å². The van der Waals surface area contributed by atoms with Crippen molar-refractivity contribution >= 4 is 6.29 Å². The highest BCUT2D eigenvalue weighted by Crippen LogP contribution is 2.25. The summed E-state index contributed by atoms with van der Waals surface area (Å²) in [5, 5.41) is 19.5. The largest absolute Gasteiger partial charge is 0.496 e. The van der Waals surface area contributed by atoms with Gasteiger partial charge in [0.25, 0.3) is 0 Å². The Morgan fingerprint density at radius 2 is 2.18 bits per heavy atom. The maximum absolute atomic E-state index is 10.7. The van der Waals surface area contributed by atoms with Gasteiger partial charge in [0.2, 0.25) is 0 Å². The van der Waals surface area contributed by atoms with Crippen LogP contribution < -0.4 is 10.5 Å². The van der Waals surface area contributed by atoms with Gasteiger partial charge >= 0.3 is 0 Å². The van der Waals surface area contributed by atoms with Crippen LogP contribution in [-0.2, 0) is 0 Å². The molecule has 1 aromatic carbocycles. The van der Waals surface area contributed by atoms with Crippen molar-refractivity contribution in [3.05, 3.63) is 29.3 Å². The zero-order valence-corrected chi connectivity index (χ0v) is 9.67. The van der Waals surface area contributed by atoms with E-state index in [4.69, 9.17) is 10.5 Å². The summed E-state index contributed by atoms with van der Waals surface area (Å²) in [6.07, 6.45) is -0.982. The fraction of sp³-hybridized carbons (Fsp3) is 0.417. The maximum atomic E-state index is 10.7. The normalized spacial score (nSPS) is 14.1. The molecule has 1 rings (SSSR count). The molecule has 17 heavy (non-hydrogen) atoms. The second-order valence-corrected chi connectivity index (χ2v) is 3.71. The van der Waals surface area contributed by atoms with E-state index in [1.165, 1.54) is 13.2 Å². The molecule has 1 aromatic rings. The van der Waals surface area contributed by atoms with Gasteiger partial charge in [0.15, 0.2) is 6.29 Å². The Bertz CT molecular complexity index is 381. The third kappa shape index (κ3) is 3.26. The smallest absolute Gasteiger partial charge is 0.153 e. The van der Waals surface area contributed by atoms with Crippen LogP contribution in [-0.4, -0.2) is 36.3 Å². The number of aldehydes is 1. The Hall–Kier alpha value is -1.43. The number of hydrogen-bond donors (Lipinski definition) is 3. The quantitative estimate of drug-likeness (QED) is 0.619. The van der Waals surface area contributed by atoms with Gasteiger partial charge in [-0.05, 0) is 30.7 Å². The molecule has 5 nitrogen and oxygen atoms in total. The van der Waals surface area contributed by atoms with Gasteiger partial charge in [0.1, 0.15) is 11.9 Å². The van der Waals surface area contributed by atoms with Crippen LogP contribution in [0.5, 0.6) is 5.75 Å². The molecule has 0 radical (unpaired) electrons. The van der Waals surface area contributed by atoms with E-state index in [-0.39, 0.29) is 0 Å². The van der Waals surface area contributed by atoms with Crippen molar-refractivity contribution in [3.63, 3.8) is 0 Å². The first-order valence-electron chi connectivity index (χ1n) is 5.33. The highest BCUT2D eigenvalue weighted by molar-refractivity contribution is 5.79. The van der Waals surface area contributed by atoms with Gasteiger partial charge in [-0.15, -0.1) is 0 Å². The van der Waals surface area contributed by atoms with E-state index in [1.54, 1.807) is 12.1 Å².